The number of rotatable bonds is 3. The van der Waals surface area contributed by atoms with E-state index in [1.54, 1.807) is 54.6 Å². The number of amides is 2. The molecule has 1 heterocycles. The largest absolute Gasteiger partial charge is 0.343 e. The van der Waals surface area contributed by atoms with Gasteiger partial charge in [0.1, 0.15) is 4.90 Å². The van der Waals surface area contributed by atoms with Crippen LogP contribution in [0.2, 0.25) is 0 Å². The fourth-order valence-corrected chi connectivity index (χ4v) is 5.01. The molecule has 0 saturated heterocycles. The Kier molecular flexibility index (Phi) is 4.43. The first-order chi connectivity index (χ1) is 13.4. The topological polar surface area (TPSA) is 57.7 Å². The number of fused-ring (bicyclic) bond motifs is 1. The second-order valence-electron chi connectivity index (χ2n) is 6.87. The molecule has 0 spiro atoms. The van der Waals surface area contributed by atoms with Crippen LogP contribution in [0.25, 0.3) is 0 Å². The maximum absolute atomic E-state index is 13.4. The number of hydrogen-bond donors (Lipinski definition) is 0. The number of benzene rings is 3. The number of carbonyl (C=O) groups is 1. The molecule has 0 N–H and O–H groups in total. The predicted molar refractivity (Wildman–Crippen MR) is 110 cm³/mol. The van der Waals surface area contributed by atoms with Crippen molar-refractivity contribution in [2.24, 2.45) is 0 Å². The fraction of sp³-hybridized carbons (Fsp3) is 0.136. The SMILES string of the molecule is Cc1ccc(C)c(CN2C(=O)N(c3ccccc3)S(=O)(=O)c3ccccc32)c1. The summed E-state index contributed by atoms with van der Waals surface area (Å²) in [6.45, 7) is 4.28. The standard InChI is InChI=1S/C22H20N2O3S/c1-16-12-13-17(2)18(14-16)15-23-20-10-6-7-11-21(20)28(26,27)24(22(23)25)19-8-4-3-5-9-19/h3-14H,15H2,1-2H3. The normalized spacial score (nSPS) is 15.4. The van der Waals surface area contributed by atoms with E-state index in [9.17, 15) is 13.2 Å². The fourth-order valence-electron chi connectivity index (χ4n) is 3.42. The lowest BCUT2D eigenvalue weighted by atomic mass is 10.0. The van der Waals surface area contributed by atoms with Crippen LogP contribution in [0, 0.1) is 13.8 Å². The van der Waals surface area contributed by atoms with Crippen molar-refractivity contribution in [2.75, 3.05) is 9.21 Å². The predicted octanol–water partition coefficient (Wildman–Crippen LogP) is 4.64. The highest BCUT2D eigenvalue weighted by molar-refractivity contribution is 7.94. The number of urea groups is 1. The Labute approximate surface area is 164 Å². The van der Waals surface area contributed by atoms with E-state index in [1.807, 2.05) is 32.0 Å². The van der Waals surface area contributed by atoms with Crippen LogP contribution >= 0.6 is 0 Å². The smallest absolute Gasteiger partial charge is 0.287 e. The van der Waals surface area contributed by atoms with Gasteiger partial charge in [-0.3, -0.25) is 4.90 Å². The molecule has 3 aromatic carbocycles. The summed E-state index contributed by atoms with van der Waals surface area (Å²) in [5.74, 6) is 0. The second-order valence-corrected chi connectivity index (χ2v) is 8.63. The average molecular weight is 392 g/mol. The number of aryl methyl sites for hydroxylation is 2. The summed E-state index contributed by atoms with van der Waals surface area (Å²) >= 11 is 0. The summed E-state index contributed by atoms with van der Waals surface area (Å²) in [6.07, 6.45) is 0. The van der Waals surface area contributed by atoms with E-state index >= 15 is 0 Å². The molecule has 4 rings (SSSR count). The van der Waals surface area contributed by atoms with Gasteiger partial charge >= 0.3 is 6.03 Å². The van der Waals surface area contributed by atoms with Gasteiger partial charge in [0.2, 0.25) is 0 Å². The highest BCUT2D eigenvalue weighted by atomic mass is 32.2. The van der Waals surface area contributed by atoms with Gasteiger partial charge in [-0.1, -0.05) is 54.1 Å². The van der Waals surface area contributed by atoms with Gasteiger partial charge in [0.15, 0.2) is 0 Å². The quantitative estimate of drug-likeness (QED) is 0.652. The van der Waals surface area contributed by atoms with Crippen molar-refractivity contribution in [2.45, 2.75) is 25.3 Å². The van der Waals surface area contributed by atoms with Crippen LogP contribution < -0.4 is 9.21 Å². The van der Waals surface area contributed by atoms with E-state index in [0.717, 1.165) is 21.0 Å². The highest BCUT2D eigenvalue weighted by Gasteiger charge is 2.42. The first kappa shape index (κ1) is 18.3. The van der Waals surface area contributed by atoms with Gasteiger partial charge in [-0.25, -0.2) is 13.2 Å². The molecule has 0 saturated carbocycles. The minimum atomic E-state index is -3.99. The second kappa shape index (κ2) is 6.80. The molecule has 5 nitrogen and oxygen atoms in total. The van der Waals surface area contributed by atoms with Gasteiger partial charge in [0.05, 0.1) is 17.9 Å². The maximum Gasteiger partial charge on any atom is 0.343 e. The lowest BCUT2D eigenvalue weighted by Crippen LogP contribution is -2.50. The van der Waals surface area contributed by atoms with E-state index in [2.05, 4.69) is 0 Å². The van der Waals surface area contributed by atoms with Gasteiger partial charge in [0, 0.05) is 0 Å². The Balaban J connectivity index is 1.88. The zero-order chi connectivity index (χ0) is 19.9. The van der Waals surface area contributed by atoms with Crippen LogP contribution in [0.3, 0.4) is 0 Å². The summed E-state index contributed by atoms with van der Waals surface area (Å²) in [5, 5.41) is 0. The lowest BCUT2D eigenvalue weighted by molar-refractivity contribution is 0.253. The van der Waals surface area contributed by atoms with E-state index in [1.165, 1.54) is 4.90 Å². The molecular weight excluding hydrogens is 372 g/mol. The number of para-hydroxylation sites is 2. The average Bonchev–Trinajstić information content (AvgIpc) is 2.68. The molecule has 0 aliphatic carbocycles. The first-order valence-electron chi connectivity index (χ1n) is 8.96. The highest BCUT2D eigenvalue weighted by Crippen LogP contribution is 2.38. The van der Waals surface area contributed by atoms with Gasteiger partial charge in [-0.2, -0.15) is 4.31 Å². The Morgan fingerprint density at radius 1 is 0.857 bits per heavy atom. The van der Waals surface area contributed by atoms with E-state index < -0.39 is 16.1 Å². The minimum Gasteiger partial charge on any atom is -0.287 e. The van der Waals surface area contributed by atoms with Crippen LogP contribution in [-0.2, 0) is 16.6 Å². The van der Waals surface area contributed by atoms with Crippen LogP contribution in [0.4, 0.5) is 16.2 Å². The van der Waals surface area contributed by atoms with Crippen molar-refractivity contribution < 1.29 is 13.2 Å². The van der Waals surface area contributed by atoms with Crippen LogP contribution in [0.5, 0.6) is 0 Å². The van der Waals surface area contributed by atoms with Crippen LogP contribution in [-0.4, -0.2) is 14.4 Å². The van der Waals surface area contributed by atoms with Crippen molar-refractivity contribution in [3.8, 4) is 0 Å². The molecule has 0 aromatic heterocycles. The molecule has 3 aromatic rings. The Morgan fingerprint density at radius 2 is 1.54 bits per heavy atom. The molecule has 0 atom stereocenters. The van der Waals surface area contributed by atoms with Gasteiger partial charge in [-0.15, -0.1) is 0 Å². The number of hydrogen-bond acceptors (Lipinski definition) is 3. The summed E-state index contributed by atoms with van der Waals surface area (Å²) in [6, 6.07) is 20.6. The zero-order valence-electron chi connectivity index (χ0n) is 15.7. The summed E-state index contributed by atoms with van der Waals surface area (Å²) in [7, 11) is -3.99. The number of carbonyl (C=O) groups excluding carboxylic acids is 1. The van der Waals surface area contributed by atoms with Crippen molar-refractivity contribution in [3.63, 3.8) is 0 Å². The van der Waals surface area contributed by atoms with Crippen LogP contribution in [0.1, 0.15) is 16.7 Å². The summed E-state index contributed by atoms with van der Waals surface area (Å²) in [4.78, 5) is 15.0. The van der Waals surface area contributed by atoms with Gasteiger partial charge in [-0.05, 0) is 49.2 Å². The Bertz CT molecular complexity index is 1160. The Morgan fingerprint density at radius 3 is 2.29 bits per heavy atom. The molecule has 0 fully saturated rings. The van der Waals surface area contributed by atoms with E-state index in [-0.39, 0.29) is 4.90 Å². The van der Waals surface area contributed by atoms with Crippen molar-refractivity contribution in [1.82, 2.24) is 0 Å². The molecule has 2 amide bonds. The third-order valence-corrected chi connectivity index (χ3v) is 6.65. The van der Waals surface area contributed by atoms with E-state index in [4.69, 9.17) is 0 Å². The molecule has 0 bridgehead atoms. The summed E-state index contributed by atoms with van der Waals surface area (Å²) < 4.78 is 27.3. The number of sulfonamides is 1. The minimum absolute atomic E-state index is 0.128. The molecule has 1 aliphatic rings. The molecule has 28 heavy (non-hydrogen) atoms. The molecular formula is C22H20N2O3S. The number of nitrogens with zero attached hydrogens (tertiary/aromatic N) is 2. The number of anilines is 2. The summed E-state index contributed by atoms with van der Waals surface area (Å²) in [5.41, 5.74) is 3.85. The third kappa shape index (κ3) is 2.96. The monoisotopic (exact) mass is 392 g/mol. The van der Waals surface area contributed by atoms with Gasteiger partial charge < -0.3 is 0 Å². The van der Waals surface area contributed by atoms with Crippen LogP contribution in [0.15, 0.2) is 77.7 Å². The van der Waals surface area contributed by atoms with Crippen molar-refractivity contribution in [3.05, 3.63) is 89.5 Å². The van der Waals surface area contributed by atoms with Crippen molar-refractivity contribution in [1.29, 1.82) is 0 Å². The van der Waals surface area contributed by atoms with Crippen molar-refractivity contribution >= 4 is 27.4 Å². The zero-order valence-corrected chi connectivity index (χ0v) is 16.5. The first-order valence-corrected chi connectivity index (χ1v) is 10.4. The molecule has 1 aliphatic heterocycles. The Hall–Kier alpha value is -3.12. The lowest BCUT2D eigenvalue weighted by Gasteiger charge is -2.36. The van der Waals surface area contributed by atoms with E-state index in [0.29, 0.717) is 17.9 Å². The van der Waals surface area contributed by atoms with Gasteiger partial charge in [0.25, 0.3) is 10.0 Å². The third-order valence-electron chi connectivity index (χ3n) is 4.90. The molecule has 142 valence electrons. The maximum atomic E-state index is 13.4. The molecule has 6 heteroatoms. The molecule has 0 radical (unpaired) electrons. The molecule has 0 unspecified atom stereocenters.